The molecule has 0 aliphatic carbocycles. The first-order valence-electron chi connectivity index (χ1n) is 7.97. The maximum absolute atomic E-state index is 13.0. The Morgan fingerprint density at radius 2 is 1.77 bits per heavy atom. The summed E-state index contributed by atoms with van der Waals surface area (Å²) >= 11 is 5.75. The topological polar surface area (TPSA) is 81.5 Å². The Bertz CT molecular complexity index is 999. The molecule has 0 aliphatic rings. The van der Waals surface area contributed by atoms with Crippen molar-refractivity contribution in [3.63, 3.8) is 0 Å². The molecule has 1 amide bonds. The lowest BCUT2D eigenvalue weighted by molar-refractivity contribution is -0.386. The van der Waals surface area contributed by atoms with Gasteiger partial charge in [0.2, 0.25) is 0 Å². The molecule has 0 fully saturated rings. The Balaban J connectivity index is 2.28. The van der Waals surface area contributed by atoms with Gasteiger partial charge in [0.05, 0.1) is 21.2 Å². The molecule has 0 saturated heterocycles. The van der Waals surface area contributed by atoms with Crippen molar-refractivity contribution in [3.8, 4) is 5.75 Å². The molecule has 0 atom stereocenters. The lowest BCUT2D eigenvalue weighted by Crippen LogP contribution is -2.33. The molecule has 0 spiro atoms. The second kappa shape index (κ2) is 8.96. The van der Waals surface area contributed by atoms with Crippen LogP contribution in [0.1, 0.15) is 15.9 Å². The molecule has 168 valence electrons. The molecule has 0 aromatic heterocycles. The number of anilines is 1. The highest BCUT2D eigenvalue weighted by Gasteiger charge is 2.42. The summed E-state index contributed by atoms with van der Waals surface area (Å²) in [5.74, 6) is -6.52. The van der Waals surface area contributed by atoms with Gasteiger partial charge in [0, 0.05) is 11.6 Å². The Morgan fingerprint density at radius 1 is 1.13 bits per heavy atom. The molecule has 0 unspecified atom stereocenters. The van der Waals surface area contributed by atoms with Gasteiger partial charge in [-0.15, -0.1) is 0 Å². The molecular weight excluding hydrogens is 465 g/mol. The van der Waals surface area contributed by atoms with Crippen LogP contribution in [0.25, 0.3) is 0 Å². The zero-order valence-corrected chi connectivity index (χ0v) is 15.6. The molecule has 0 heterocycles. The number of carbonyl (C=O) groups excluding carboxylic acids is 1. The fraction of sp³-hybridized carbons (Fsp3) is 0.235. The maximum Gasteiger partial charge on any atom is 0.416 e. The van der Waals surface area contributed by atoms with Crippen molar-refractivity contribution < 1.29 is 45.2 Å². The SMILES string of the molecule is O=C(Nc1cc(C(F)(F)F)ccc1Cl)c1ccc(OCC(F)(F)C(F)F)c([N+](=O)[O-])c1. The maximum atomic E-state index is 13.0. The predicted molar refractivity (Wildman–Crippen MR) is 93.9 cm³/mol. The number of nitrogens with one attached hydrogen (secondary N) is 1. The van der Waals surface area contributed by atoms with Gasteiger partial charge in [-0.05, 0) is 30.3 Å². The second-order valence-corrected chi connectivity index (χ2v) is 6.34. The van der Waals surface area contributed by atoms with Gasteiger partial charge in [0.15, 0.2) is 12.4 Å². The Morgan fingerprint density at radius 3 is 2.32 bits per heavy atom. The monoisotopic (exact) mass is 474 g/mol. The third-order valence-corrected chi connectivity index (χ3v) is 4.03. The molecule has 2 aromatic rings. The van der Waals surface area contributed by atoms with E-state index >= 15 is 0 Å². The number of halogens is 8. The molecule has 2 aromatic carbocycles. The number of hydrogen-bond donors (Lipinski definition) is 1. The van der Waals surface area contributed by atoms with E-state index in [-0.39, 0.29) is 5.02 Å². The van der Waals surface area contributed by atoms with Gasteiger partial charge < -0.3 is 10.1 Å². The van der Waals surface area contributed by atoms with E-state index in [0.717, 1.165) is 12.1 Å². The zero-order chi connectivity index (χ0) is 23.6. The number of alkyl halides is 7. The third kappa shape index (κ3) is 5.96. The van der Waals surface area contributed by atoms with E-state index in [2.05, 4.69) is 4.74 Å². The van der Waals surface area contributed by atoms with Crippen LogP contribution < -0.4 is 10.1 Å². The highest BCUT2D eigenvalue weighted by Crippen LogP contribution is 2.35. The average molecular weight is 475 g/mol. The van der Waals surface area contributed by atoms with E-state index in [9.17, 15) is 45.6 Å². The molecular formula is C17H10ClF7N2O4. The van der Waals surface area contributed by atoms with Crippen LogP contribution in [0.15, 0.2) is 36.4 Å². The minimum atomic E-state index is -4.73. The van der Waals surface area contributed by atoms with E-state index < -0.39 is 64.2 Å². The van der Waals surface area contributed by atoms with Gasteiger partial charge >= 0.3 is 24.2 Å². The highest BCUT2D eigenvalue weighted by molar-refractivity contribution is 6.34. The summed E-state index contributed by atoms with van der Waals surface area (Å²) < 4.78 is 93.1. The van der Waals surface area contributed by atoms with E-state index in [1.54, 1.807) is 0 Å². The zero-order valence-electron chi connectivity index (χ0n) is 14.9. The molecule has 31 heavy (non-hydrogen) atoms. The van der Waals surface area contributed by atoms with Gasteiger partial charge in [-0.2, -0.15) is 22.0 Å². The molecule has 0 bridgehead atoms. The number of amides is 1. The Labute approximate surface area is 173 Å². The lowest BCUT2D eigenvalue weighted by atomic mass is 10.1. The molecule has 0 radical (unpaired) electrons. The molecule has 14 heteroatoms. The number of nitro groups is 1. The molecule has 2 rings (SSSR count). The lowest BCUT2D eigenvalue weighted by Gasteiger charge is -2.16. The van der Waals surface area contributed by atoms with Gasteiger partial charge in [-0.3, -0.25) is 14.9 Å². The summed E-state index contributed by atoms with van der Waals surface area (Å²) in [5.41, 5.74) is -3.04. The molecule has 0 saturated carbocycles. The van der Waals surface area contributed by atoms with Crippen molar-refractivity contribution in [1.82, 2.24) is 0 Å². The first-order chi connectivity index (χ1) is 14.2. The standard InChI is InChI=1S/C17H10ClF7N2O4/c18-10-3-2-9(17(23,24)25)6-11(10)26-14(28)8-1-4-13(12(5-8)27(29)30)31-7-16(21,22)15(19)20/h1-6,15H,7H2,(H,26,28). The average Bonchev–Trinajstić information content (AvgIpc) is 2.66. The van der Waals surface area contributed by atoms with Gasteiger partial charge in [-0.25, -0.2) is 8.78 Å². The van der Waals surface area contributed by atoms with Crippen molar-refractivity contribution in [2.45, 2.75) is 18.5 Å². The number of rotatable bonds is 7. The summed E-state index contributed by atoms with van der Waals surface area (Å²) in [6.07, 6.45) is -8.81. The number of carbonyl (C=O) groups is 1. The number of nitro benzene ring substituents is 1. The normalized spacial score (nSPS) is 12.0. The van der Waals surface area contributed by atoms with Crippen LogP contribution in [0.2, 0.25) is 5.02 Å². The fourth-order valence-electron chi connectivity index (χ4n) is 2.15. The highest BCUT2D eigenvalue weighted by atomic mass is 35.5. The molecule has 6 nitrogen and oxygen atoms in total. The van der Waals surface area contributed by atoms with Crippen LogP contribution in [-0.2, 0) is 6.18 Å². The summed E-state index contributed by atoms with van der Waals surface area (Å²) in [5, 5.41) is 12.9. The van der Waals surface area contributed by atoms with Crippen LogP contribution in [-0.4, -0.2) is 29.8 Å². The smallest absolute Gasteiger partial charge is 0.416 e. The first kappa shape index (κ1) is 24.2. The van der Waals surface area contributed by atoms with E-state index in [1.807, 2.05) is 5.32 Å². The van der Waals surface area contributed by atoms with Gasteiger partial charge in [-0.1, -0.05) is 11.6 Å². The predicted octanol–water partition coefficient (Wildman–Crippen LogP) is 5.80. The summed E-state index contributed by atoms with van der Waals surface area (Å²) in [6, 6.07) is 4.24. The van der Waals surface area contributed by atoms with Crippen LogP contribution in [0, 0.1) is 10.1 Å². The first-order valence-corrected chi connectivity index (χ1v) is 8.35. The number of hydrogen-bond acceptors (Lipinski definition) is 4. The van der Waals surface area contributed by atoms with Gasteiger partial charge in [0.25, 0.3) is 5.91 Å². The Kier molecular flexibility index (Phi) is 6.99. The molecule has 0 aliphatic heterocycles. The Hall–Kier alpha value is -3.09. The van der Waals surface area contributed by atoms with Gasteiger partial charge in [0.1, 0.15) is 0 Å². The van der Waals surface area contributed by atoms with E-state index in [1.165, 1.54) is 0 Å². The van der Waals surface area contributed by atoms with Crippen molar-refractivity contribution in [2.75, 3.05) is 11.9 Å². The summed E-state index contributed by atoms with van der Waals surface area (Å²) in [7, 11) is 0. The second-order valence-electron chi connectivity index (χ2n) is 5.94. The van der Waals surface area contributed by atoms with Crippen LogP contribution in [0.3, 0.4) is 0 Å². The van der Waals surface area contributed by atoms with E-state index in [4.69, 9.17) is 11.6 Å². The van der Waals surface area contributed by atoms with Crippen molar-refractivity contribution >= 4 is 28.9 Å². The third-order valence-electron chi connectivity index (χ3n) is 3.70. The quantitative estimate of drug-likeness (QED) is 0.312. The summed E-state index contributed by atoms with van der Waals surface area (Å²) in [6.45, 7) is -1.86. The van der Waals surface area contributed by atoms with Crippen molar-refractivity contribution in [2.24, 2.45) is 0 Å². The van der Waals surface area contributed by atoms with Crippen LogP contribution in [0.5, 0.6) is 5.75 Å². The van der Waals surface area contributed by atoms with Crippen LogP contribution in [0.4, 0.5) is 42.1 Å². The minimum absolute atomic E-state index is 0.259. The van der Waals surface area contributed by atoms with Crippen molar-refractivity contribution in [3.05, 3.63) is 62.7 Å². The summed E-state index contributed by atoms with van der Waals surface area (Å²) in [4.78, 5) is 22.3. The molecule has 1 N–H and O–H groups in total. The number of benzene rings is 2. The fourth-order valence-corrected chi connectivity index (χ4v) is 2.32. The van der Waals surface area contributed by atoms with Crippen molar-refractivity contribution in [1.29, 1.82) is 0 Å². The number of nitrogens with zero attached hydrogens (tertiary/aromatic N) is 1. The largest absolute Gasteiger partial charge is 0.480 e. The van der Waals surface area contributed by atoms with E-state index in [0.29, 0.717) is 24.3 Å². The van der Waals surface area contributed by atoms with Crippen LogP contribution >= 0.6 is 11.6 Å². The minimum Gasteiger partial charge on any atom is -0.480 e. The number of ether oxygens (including phenoxy) is 1.